The van der Waals surface area contributed by atoms with Crippen LogP contribution in [0, 0.1) is 13.8 Å². The van der Waals surface area contributed by atoms with Gasteiger partial charge in [0.15, 0.2) is 5.76 Å². The summed E-state index contributed by atoms with van der Waals surface area (Å²) in [6.45, 7) is 15.3. The number of hydrogen-bond acceptors (Lipinski definition) is 6. The topological polar surface area (TPSA) is 73.7 Å². The van der Waals surface area contributed by atoms with Crippen LogP contribution in [0.3, 0.4) is 0 Å². The smallest absolute Gasteiger partial charge is 0.290 e. The number of carbonyl (C=O) groups excluding carboxylic acids is 2. The van der Waals surface area contributed by atoms with Gasteiger partial charge in [-0.1, -0.05) is 52.0 Å². The molecule has 1 amide bonds. The number of rotatable bonds is 10. The number of nitrogens with zero attached hydrogens (tertiary/aromatic N) is 3. The number of thiazole rings is 1. The van der Waals surface area contributed by atoms with Crippen molar-refractivity contribution in [2.75, 3.05) is 26.2 Å². The van der Waals surface area contributed by atoms with E-state index in [9.17, 15) is 14.7 Å². The number of hydrogen-bond donors (Lipinski definition) is 1. The highest BCUT2D eigenvalue weighted by Gasteiger charge is 2.44. The molecule has 0 saturated heterocycles. The highest BCUT2D eigenvalue weighted by atomic mass is 32.1. The minimum Gasteiger partial charge on any atom is -0.503 e. The zero-order valence-corrected chi connectivity index (χ0v) is 21.3. The maximum absolute atomic E-state index is 13.6. The second-order valence-corrected chi connectivity index (χ2v) is 10.0. The molecule has 0 aliphatic carbocycles. The van der Waals surface area contributed by atoms with Gasteiger partial charge < -0.3 is 14.9 Å². The Morgan fingerprint density at radius 2 is 1.82 bits per heavy atom. The fraction of sp³-hybridized carbons (Fsp3) is 0.500. The Balaban J connectivity index is 1.99. The minimum atomic E-state index is -0.607. The average Bonchev–Trinajstić information content (AvgIpc) is 3.26. The van der Waals surface area contributed by atoms with Gasteiger partial charge in [-0.2, -0.15) is 0 Å². The summed E-state index contributed by atoms with van der Waals surface area (Å²) < 4.78 is 0. The summed E-state index contributed by atoms with van der Waals surface area (Å²) >= 11 is 1.30. The van der Waals surface area contributed by atoms with Crippen molar-refractivity contribution in [2.45, 2.75) is 59.9 Å². The van der Waals surface area contributed by atoms with Crippen molar-refractivity contribution in [2.24, 2.45) is 0 Å². The summed E-state index contributed by atoms with van der Waals surface area (Å²) in [6.07, 6.45) is 0.765. The molecule has 1 atom stereocenters. The Labute approximate surface area is 200 Å². The molecule has 6 nitrogen and oxygen atoms in total. The van der Waals surface area contributed by atoms with E-state index >= 15 is 0 Å². The van der Waals surface area contributed by atoms with Gasteiger partial charge >= 0.3 is 0 Å². The van der Waals surface area contributed by atoms with Gasteiger partial charge in [0.05, 0.1) is 27.2 Å². The predicted molar refractivity (Wildman–Crippen MR) is 133 cm³/mol. The molecule has 1 aliphatic heterocycles. The Hall–Kier alpha value is -2.51. The first-order valence-corrected chi connectivity index (χ1v) is 12.6. The van der Waals surface area contributed by atoms with Crippen LogP contribution in [0.25, 0.3) is 0 Å². The van der Waals surface area contributed by atoms with E-state index in [1.54, 1.807) is 11.8 Å². The first-order valence-electron chi connectivity index (χ1n) is 11.7. The lowest BCUT2D eigenvalue weighted by molar-refractivity contribution is -0.129. The van der Waals surface area contributed by atoms with Gasteiger partial charge in [0.2, 0.25) is 5.78 Å². The van der Waals surface area contributed by atoms with E-state index in [1.165, 1.54) is 16.9 Å². The van der Waals surface area contributed by atoms with Gasteiger partial charge in [-0.05, 0) is 56.9 Å². The predicted octanol–water partition coefficient (Wildman–Crippen LogP) is 5.19. The first kappa shape index (κ1) is 25.1. The number of aliphatic hydroxyl groups excluding tert-OH is 1. The van der Waals surface area contributed by atoms with Gasteiger partial charge in [-0.3, -0.25) is 9.59 Å². The summed E-state index contributed by atoms with van der Waals surface area (Å²) in [5.41, 5.74) is 2.81. The quantitative estimate of drug-likeness (QED) is 0.485. The average molecular weight is 470 g/mol. The van der Waals surface area contributed by atoms with Crippen molar-refractivity contribution in [3.8, 4) is 0 Å². The zero-order chi connectivity index (χ0) is 24.3. The number of ketones is 1. The molecule has 1 aliphatic rings. The van der Waals surface area contributed by atoms with E-state index in [4.69, 9.17) is 0 Å². The molecular formula is C26H35N3O3S. The van der Waals surface area contributed by atoms with Crippen LogP contribution in [0.2, 0.25) is 0 Å². The lowest BCUT2D eigenvalue weighted by Crippen LogP contribution is -2.34. The standard InChI is InChI=1S/C26H35N3O3S/c1-7-28(8-2)14-9-15-29-22(20-12-10-19(11-13-20)16(3)4)21(24(31)26(29)32)23(30)25-17(5)27-18(6)33-25/h10-13,16,22,31H,7-9,14-15H2,1-6H3/t22-/m1/s1. The summed E-state index contributed by atoms with van der Waals surface area (Å²) in [7, 11) is 0. The van der Waals surface area contributed by atoms with Crippen molar-refractivity contribution in [1.82, 2.24) is 14.8 Å². The third-order valence-electron chi connectivity index (χ3n) is 6.34. The Morgan fingerprint density at radius 3 is 2.33 bits per heavy atom. The second kappa shape index (κ2) is 10.6. The number of aromatic nitrogens is 1. The summed E-state index contributed by atoms with van der Waals surface area (Å²) in [4.78, 5) is 35.5. The number of Topliss-reactive ketones (excluding diaryl/α,β-unsaturated/α-hetero) is 1. The van der Waals surface area contributed by atoms with Crippen molar-refractivity contribution >= 4 is 23.0 Å². The van der Waals surface area contributed by atoms with Crippen LogP contribution in [-0.4, -0.2) is 57.8 Å². The number of amides is 1. The maximum Gasteiger partial charge on any atom is 0.290 e. The van der Waals surface area contributed by atoms with E-state index in [0.717, 1.165) is 36.6 Å². The Kier molecular flexibility index (Phi) is 8.08. The highest BCUT2D eigenvalue weighted by Crippen LogP contribution is 2.40. The van der Waals surface area contributed by atoms with Crippen molar-refractivity contribution in [1.29, 1.82) is 0 Å². The molecule has 0 radical (unpaired) electrons. The first-order chi connectivity index (χ1) is 15.7. The van der Waals surface area contributed by atoms with Crippen molar-refractivity contribution < 1.29 is 14.7 Å². The Morgan fingerprint density at radius 1 is 1.18 bits per heavy atom. The largest absolute Gasteiger partial charge is 0.503 e. The van der Waals surface area contributed by atoms with Crippen LogP contribution >= 0.6 is 11.3 Å². The number of benzene rings is 1. The Bertz CT molecular complexity index is 1040. The highest BCUT2D eigenvalue weighted by molar-refractivity contribution is 7.14. The molecule has 3 rings (SSSR count). The van der Waals surface area contributed by atoms with Crippen LogP contribution in [0.4, 0.5) is 0 Å². The molecular weight excluding hydrogens is 434 g/mol. The molecule has 1 N–H and O–H groups in total. The minimum absolute atomic E-state index is 0.159. The number of aryl methyl sites for hydroxylation is 2. The molecule has 33 heavy (non-hydrogen) atoms. The molecule has 0 fully saturated rings. The van der Waals surface area contributed by atoms with E-state index in [1.807, 2.05) is 31.2 Å². The molecule has 2 aromatic rings. The van der Waals surface area contributed by atoms with Crippen LogP contribution in [0.5, 0.6) is 0 Å². The fourth-order valence-corrected chi connectivity index (χ4v) is 5.27. The molecule has 1 aromatic heterocycles. The molecule has 0 bridgehead atoms. The third-order valence-corrected chi connectivity index (χ3v) is 7.42. The molecule has 0 spiro atoms. The van der Waals surface area contributed by atoms with Gasteiger partial charge in [0, 0.05) is 6.54 Å². The summed E-state index contributed by atoms with van der Waals surface area (Å²) in [5, 5.41) is 11.7. The van der Waals surface area contributed by atoms with E-state index in [2.05, 4.69) is 37.6 Å². The van der Waals surface area contributed by atoms with E-state index < -0.39 is 17.7 Å². The lowest BCUT2D eigenvalue weighted by atomic mass is 9.93. The normalized spacial score (nSPS) is 16.5. The monoisotopic (exact) mass is 469 g/mol. The number of aliphatic hydroxyl groups is 1. The molecule has 178 valence electrons. The van der Waals surface area contributed by atoms with Crippen molar-refractivity contribution in [3.05, 3.63) is 62.3 Å². The van der Waals surface area contributed by atoms with Gasteiger partial charge in [-0.15, -0.1) is 11.3 Å². The van der Waals surface area contributed by atoms with Crippen molar-refractivity contribution in [3.63, 3.8) is 0 Å². The molecule has 7 heteroatoms. The molecule has 1 aromatic carbocycles. The van der Waals surface area contributed by atoms with Crippen LogP contribution in [0.15, 0.2) is 35.6 Å². The second-order valence-electron chi connectivity index (χ2n) is 8.84. The van der Waals surface area contributed by atoms with Crippen LogP contribution in [-0.2, 0) is 4.79 Å². The summed E-state index contributed by atoms with van der Waals surface area (Å²) in [6, 6.07) is 7.42. The fourth-order valence-electron chi connectivity index (χ4n) is 4.39. The molecule has 0 saturated carbocycles. The van der Waals surface area contributed by atoms with Gasteiger partial charge in [0.25, 0.3) is 5.91 Å². The zero-order valence-electron chi connectivity index (χ0n) is 20.5. The third kappa shape index (κ3) is 5.20. The SMILES string of the molecule is CCN(CC)CCCN1C(=O)C(O)=C(C(=O)c2sc(C)nc2C)[C@H]1c1ccc(C(C)C)cc1. The van der Waals surface area contributed by atoms with Gasteiger partial charge in [-0.25, -0.2) is 4.98 Å². The lowest BCUT2D eigenvalue weighted by Gasteiger charge is -2.28. The molecule has 0 unspecified atom stereocenters. The molecule has 2 heterocycles. The maximum atomic E-state index is 13.6. The van der Waals surface area contributed by atoms with E-state index in [0.29, 0.717) is 23.0 Å². The van der Waals surface area contributed by atoms with Crippen LogP contribution < -0.4 is 0 Å². The van der Waals surface area contributed by atoms with E-state index in [-0.39, 0.29) is 11.4 Å². The van der Waals surface area contributed by atoms with Crippen LogP contribution in [0.1, 0.15) is 77.6 Å². The summed E-state index contributed by atoms with van der Waals surface area (Å²) in [5.74, 6) is -0.851. The van der Waals surface area contributed by atoms with Gasteiger partial charge in [0.1, 0.15) is 0 Å². The number of carbonyl (C=O) groups is 2.